The van der Waals surface area contributed by atoms with E-state index in [1.165, 1.54) is 7.05 Å². The fourth-order valence-corrected chi connectivity index (χ4v) is 4.88. The van der Waals surface area contributed by atoms with Crippen LogP contribution < -0.4 is 16.0 Å². The van der Waals surface area contributed by atoms with Crippen molar-refractivity contribution in [2.45, 2.75) is 19.4 Å². The van der Waals surface area contributed by atoms with Crippen LogP contribution in [0.15, 0.2) is 58.1 Å². The van der Waals surface area contributed by atoms with Gasteiger partial charge in [-0.3, -0.25) is 14.3 Å². The quantitative estimate of drug-likeness (QED) is 0.503. The number of hydrogen-bond acceptors (Lipinski definition) is 5. The maximum atomic E-state index is 13.8. The second-order valence-corrected chi connectivity index (χ2v) is 8.26. The predicted octanol–water partition coefficient (Wildman–Crippen LogP) is 2.70. The van der Waals surface area contributed by atoms with Crippen LogP contribution in [0.5, 0.6) is 11.6 Å². The Morgan fingerprint density at radius 2 is 1.85 bits per heavy atom. The van der Waals surface area contributed by atoms with Gasteiger partial charge in [-0.25, -0.2) is 9.36 Å². The van der Waals surface area contributed by atoms with E-state index < -0.39 is 17.3 Å². The van der Waals surface area contributed by atoms with E-state index in [-0.39, 0.29) is 11.4 Å². The lowest BCUT2D eigenvalue weighted by Gasteiger charge is -2.35. The minimum absolute atomic E-state index is 0.183. The Balaban J connectivity index is 1.79. The summed E-state index contributed by atoms with van der Waals surface area (Å²) in [5.41, 5.74) is 2.48. The molecule has 5 rings (SSSR count). The van der Waals surface area contributed by atoms with Gasteiger partial charge in [-0.2, -0.15) is 0 Å². The molecule has 0 saturated heterocycles. The standard InChI is InChI=1S/C25H26N4O4/c1-4-28-14-13-18-17-7-5-6-8-19(17)26-21(18)22(28)20-23(30)27(2)25(32)29(24(20)31)15-9-11-16(33-3)12-10-15/h5-12,22,26,30H,4,13-14H2,1-3H3. The lowest BCUT2D eigenvalue weighted by atomic mass is 9.93. The van der Waals surface area contributed by atoms with Crippen LogP contribution in [0.3, 0.4) is 0 Å². The van der Waals surface area contributed by atoms with E-state index in [0.29, 0.717) is 18.0 Å². The molecule has 2 N–H and O–H groups in total. The van der Waals surface area contributed by atoms with Crippen LogP contribution in [-0.2, 0) is 13.5 Å². The van der Waals surface area contributed by atoms with Gasteiger partial charge in [0.2, 0.25) is 5.88 Å². The number of nitrogens with one attached hydrogen (secondary N) is 1. The van der Waals surface area contributed by atoms with Crippen molar-refractivity contribution in [1.82, 2.24) is 19.0 Å². The summed E-state index contributed by atoms with van der Waals surface area (Å²) in [6.45, 7) is 3.45. The van der Waals surface area contributed by atoms with Crippen molar-refractivity contribution in [2.24, 2.45) is 7.05 Å². The lowest BCUT2D eigenvalue weighted by Crippen LogP contribution is -2.44. The van der Waals surface area contributed by atoms with Gasteiger partial charge in [-0.15, -0.1) is 0 Å². The first-order chi connectivity index (χ1) is 16.0. The predicted molar refractivity (Wildman–Crippen MR) is 127 cm³/mol. The minimum atomic E-state index is -0.609. The number of ether oxygens (including phenoxy) is 1. The SMILES string of the molecule is CCN1CCc2c([nH]c3ccccc23)C1c1c(O)n(C)c(=O)n(-c2ccc(OC)cc2)c1=O. The molecule has 33 heavy (non-hydrogen) atoms. The second-order valence-electron chi connectivity index (χ2n) is 8.26. The molecule has 0 spiro atoms. The molecule has 0 amide bonds. The highest BCUT2D eigenvalue weighted by Gasteiger charge is 2.36. The zero-order valence-corrected chi connectivity index (χ0v) is 18.8. The molecular formula is C25H26N4O4. The average Bonchev–Trinajstić information content (AvgIpc) is 3.22. The third kappa shape index (κ3) is 3.17. The van der Waals surface area contributed by atoms with Crippen LogP contribution in [-0.4, -0.2) is 44.3 Å². The van der Waals surface area contributed by atoms with E-state index in [4.69, 9.17) is 4.74 Å². The smallest absolute Gasteiger partial charge is 0.338 e. The Kier molecular flexibility index (Phi) is 5.09. The molecule has 8 heteroatoms. The van der Waals surface area contributed by atoms with Crippen molar-refractivity contribution in [3.8, 4) is 17.3 Å². The number of nitrogens with zero attached hydrogens (tertiary/aromatic N) is 3. The molecular weight excluding hydrogens is 420 g/mol. The second kappa shape index (κ2) is 7.97. The summed E-state index contributed by atoms with van der Waals surface area (Å²) < 4.78 is 7.44. The highest BCUT2D eigenvalue weighted by atomic mass is 16.5. The van der Waals surface area contributed by atoms with Crippen molar-refractivity contribution in [3.63, 3.8) is 0 Å². The molecule has 4 aromatic rings. The topological polar surface area (TPSA) is 92.5 Å². The first-order valence-electron chi connectivity index (χ1n) is 11.0. The number of methoxy groups -OCH3 is 1. The average molecular weight is 447 g/mol. The number of likely N-dealkylation sites (N-methyl/N-ethyl adjacent to an activating group) is 1. The Hall–Kier alpha value is -3.78. The van der Waals surface area contributed by atoms with Gasteiger partial charge in [0, 0.05) is 30.2 Å². The van der Waals surface area contributed by atoms with Crippen molar-refractivity contribution in [1.29, 1.82) is 0 Å². The fourth-order valence-electron chi connectivity index (χ4n) is 4.88. The number of benzene rings is 2. The van der Waals surface area contributed by atoms with Crippen LogP contribution >= 0.6 is 0 Å². The minimum Gasteiger partial charge on any atom is -0.497 e. The summed E-state index contributed by atoms with van der Waals surface area (Å²) in [6.07, 6.45) is 0.836. The molecule has 3 heterocycles. The monoisotopic (exact) mass is 446 g/mol. The van der Waals surface area contributed by atoms with E-state index in [0.717, 1.165) is 44.3 Å². The fraction of sp³-hybridized carbons (Fsp3) is 0.280. The summed E-state index contributed by atoms with van der Waals surface area (Å²) in [5, 5.41) is 12.2. The Labute approximate surface area is 190 Å². The molecule has 0 aliphatic carbocycles. The van der Waals surface area contributed by atoms with E-state index in [9.17, 15) is 14.7 Å². The third-order valence-electron chi connectivity index (χ3n) is 6.61. The van der Waals surface area contributed by atoms with Crippen molar-refractivity contribution >= 4 is 10.9 Å². The third-order valence-corrected chi connectivity index (χ3v) is 6.61. The first kappa shape index (κ1) is 21.1. The van der Waals surface area contributed by atoms with Crippen LogP contribution in [0.25, 0.3) is 16.6 Å². The number of H-pyrrole nitrogens is 1. The number of fused-ring (bicyclic) bond motifs is 3. The van der Waals surface area contributed by atoms with Gasteiger partial charge < -0.3 is 14.8 Å². The molecule has 8 nitrogen and oxygen atoms in total. The molecule has 170 valence electrons. The Morgan fingerprint density at radius 3 is 2.55 bits per heavy atom. The highest BCUT2D eigenvalue weighted by Crippen LogP contribution is 2.39. The van der Waals surface area contributed by atoms with E-state index in [1.54, 1.807) is 31.4 Å². The van der Waals surface area contributed by atoms with Gasteiger partial charge in [0.05, 0.1) is 18.8 Å². The zero-order chi connectivity index (χ0) is 23.3. The molecule has 1 atom stereocenters. The zero-order valence-electron chi connectivity index (χ0n) is 18.8. The number of aromatic amines is 1. The summed E-state index contributed by atoms with van der Waals surface area (Å²) in [7, 11) is 3.03. The van der Waals surface area contributed by atoms with E-state index in [1.807, 2.05) is 25.1 Å². The maximum Gasteiger partial charge on any atom is 0.338 e. The molecule has 0 bridgehead atoms. The van der Waals surface area contributed by atoms with Gasteiger partial charge in [0.15, 0.2) is 0 Å². The summed E-state index contributed by atoms with van der Waals surface area (Å²) in [5.74, 6) is 0.305. The number of rotatable bonds is 4. The molecule has 0 radical (unpaired) electrons. The van der Waals surface area contributed by atoms with Gasteiger partial charge in [0.1, 0.15) is 11.3 Å². The number of aromatic hydroxyl groups is 1. The highest BCUT2D eigenvalue weighted by molar-refractivity contribution is 5.85. The number of hydrogen-bond donors (Lipinski definition) is 2. The van der Waals surface area contributed by atoms with E-state index >= 15 is 0 Å². The lowest BCUT2D eigenvalue weighted by molar-refractivity contribution is 0.214. The molecule has 2 aromatic carbocycles. The van der Waals surface area contributed by atoms with Crippen LogP contribution in [0.4, 0.5) is 0 Å². The summed E-state index contributed by atoms with van der Waals surface area (Å²) in [4.78, 5) is 32.5. The number of aromatic nitrogens is 3. The molecule has 0 fully saturated rings. The Morgan fingerprint density at radius 1 is 1.12 bits per heavy atom. The molecule has 0 saturated carbocycles. The first-order valence-corrected chi connectivity index (χ1v) is 11.0. The molecule has 1 aliphatic heterocycles. The molecule has 2 aromatic heterocycles. The normalized spacial score (nSPS) is 16.2. The summed E-state index contributed by atoms with van der Waals surface area (Å²) in [6, 6.07) is 14.3. The van der Waals surface area contributed by atoms with Crippen LogP contribution in [0.1, 0.15) is 29.8 Å². The van der Waals surface area contributed by atoms with Crippen molar-refractivity contribution in [2.75, 3.05) is 20.2 Å². The van der Waals surface area contributed by atoms with E-state index in [2.05, 4.69) is 16.0 Å². The maximum absolute atomic E-state index is 13.8. The van der Waals surface area contributed by atoms with Crippen molar-refractivity contribution < 1.29 is 9.84 Å². The van der Waals surface area contributed by atoms with Crippen LogP contribution in [0, 0.1) is 0 Å². The van der Waals surface area contributed by atoms with Gasteiger partial charge in [0.25, 0.3) is 5.56 Å². The number of para-hydroxylation sites is 1. The molecule has 1 aliphatic rings. The van der Waals surface area contributed by atoms with Gasteiger partial charge in [-0.1, -0.05) is 25.1 Å². The summed E-state index contributed by atoms with van der Waals surface area (Å²) >= 11 is 0. The Bertz CT molecular complexity index is 1460. The van der Waals surface area contributed by atoms with Crippen molar-refractivity contribution in [3.05, 3.63) is 86.2 Å². The molecule has 1 unspecified atom stereocenters. The van der Waals surface area contributed by atoms with Crippen LogP contribution in [0.2, 0.25) is 0 Å². The van der Waals surface area contributed by atoms with Gasteiger partial charge >= 0.3 is 5.69 Å². The largest absolute Gasteiger partial charge is 0.497 e. The van der Waals surface area contributed by atoms with Gasteiger partial charge in [-0.05, 0) is 48.9 Å².